The molecule has 0 saturated carbocycles. The highest BCUT2D eigenvalue weighted by atomic mass is 32.1. The highest BCUT2D eigenvalue weighted by Crippen LogP contribution is 2.25. The Morgan fingerprint density at radius 2 is 1.70 bits per heavy atom. The fourth-order valence-electron chi connectivity index (χ4n) is 4.57. The average Bonchev–Trinajstić information content (AvgIpc) is 3.29. The van der Waals surface area contributed by atoms with E-state index in [0.29, 0.717) is 13.1 Å². The molecule has 0 radical (unpaired) electrons. The standard InChI is InChI=1S/C29H32N4O3S/c1-21-30-27-17-26(11-12-28(27)37-21)36-20-25(34)18-32-13-15-33(16-14-32)19-29(35)31-24-9-7-23(8-10-24)22-5-3-2-4-6-22/h2-12,17,25,34H,13-16,18-20H2,1H3,(H,31,35)/t25-/m0/s1. The zero-order valence-corrected chi connectivity index (χ0v) is 21.8. The molecule has 1 aromatic heterocycles. The predicted octanol–water partition coefficient (Wildman–Crippen LogP) is 4.27. The first-order valence-electron chi connectivity index (χ1n) is 12.6. The van der Waals surface area contributed by atoms with Crippen LogP contribution in [0.5, 0.6) is 5.75 Å². The highest BCUT2D eigenvalue weighted by Gasteiger charge is 2.21. The van der Waals surface area contributed by atoms with Crippen LogP contribution in [0, 0.1) is 6.92 Å². The van der Waals surface area contributed by atoms with Crippen LogP contribution in [0.2, 0.25) is 0 Å². The molecule has 0 bridgehead atoms. The molecule has 3 aromatic carbocycles. The summed E-state index contributed by atoms with van der Waals surface area (Å²) in [5, 5.41) is 14.5. The number of thiazole rings is 1. The number of aromatic nitrogens is 1. The van der Waals surface area contributed by atoms with E-state index in [-0.39, 0.29) is 12.5 Å². The maximum absolute atomic E-state index is 12.6. The van der Waals surface area contributed by atoms with Gasteiger partial charge in [-0.1, -0.05) is 42.5 Å². The lowest BCUT2D eigenvalue weighted by Gasteiger charge is -2.35. The van der Waals surface area contributed by atoms with Gasteiger partial charge in [-0.3, -0.25) is 14.6 Å². The molecule has 192 valence electrons. The molecule has 2 heterocycles. The topological polar surface area (TPSA) is 77.9 Å². The maximum Gasteiger partial charge on any atom is 0.238 e. The number of hydrogen-bond acceptors (Lipinski definition) is 7. The van der Waals surface area contributed by atoms with Crippen molar-refractivity contribution >= 4 is 33.1 Å². The van der Waals surface area contributed by atoms with Gasteiger partial charge in [0.15, 0.2) is 0 Å². The summed E-state index contributed by atoms with van der Waals surface area (Å²) in [7, 11) is 0. The summed E-state index contributed by atoms with van der Waals surface area (Å²) in [6, 6.07) is 24.0. The van der Waals surface area contributed by atoms with Crippen LogP contribution in [-0.2, 0) is 4.79 Å². The summed E-state index contributed by atoms with van der Waals surface area (Å²) in [6.07, 6.45) is -0.582. The van der Waals surface area contributed by atoms with Crippen molar-refractivity contribution in [1.82, 2.24) is 14.8 Å². The number of piperazine rings is 1. The molecule has 1 fully saturated rings. The Bertz CT molecular complexity index is 1320. The molecule has 1 aliphatic heterocycles. The summed E-state index contributed by atoms with van der Waals surface area (Å²) < 4.78 is 6.95. The average molecular weight is 517 g/mol. The van der Waals surface area contributed by atoms with E-state index in [1.807, 2.05) is 67.6 Å². The molecule has 0 unspecified atom stereocenters. The SMILES string of the molecule is Cc1nc2cc(OC[C@@H](O)CN3CCN(CC(=O)Nc4ccc(-c5ccccc5)cc4)CC3)ccc2s1. The first kappa shape index (κ1) is 25.4. The number of aliphatic hydroxyl groups is 1. The third-order valence-corrected chi connectivity index (χ3v) is 7.44. The third-order valence-electron chi connectivity index (χ3n) is 6.49. The van der Waals surface area contributed by atoms with E-state index in [1.165, 1.54) is 0 Å². The summed E-state index contributed by atoms with van der Waals surface area (Å²) in [6.45, 7) is 6.32. The minimum atomic E-state index is -0.582. The monoisotopic (exact) mass is 516 g/mol. The second kappa shape index (κ2) is 11.8. The molecule has 0 spiro atoms. The molecule has 2 N–H and O–H groups in total. The molecule has 5 rings (SSSR count). The van der Waals surface area contributed by atoms with E-state index >= 15 is 0 Å². The van der Waals surface area contributed by atoms with E-state index in [0.717, 1.165) is 64.0 Å². The van der Waals surface area contributed by atoms with E-state index in [1.54, 1.807) is 11.3 Å². The number of nitrogens with one attached hydrogen (secondary N) is 1. The van der Waals surface area contributed by atoms with Gasteiger partial charge in [0.1, 0.15) is 18.5 Å². The van der Waals surface area contributed by atoms with Crippen molar-refractivity contribution in [1.29, 1.82) is 0 Å². The quantitative estimate of drug-likeness (QED) is 0.346. The van der Waals surface area contributed by atoms with Gasteiger partial charge >= 0.3 is 0 Å². The Kier molecular flexibility index (Phi) is 8.11. The first-order chi connectivity index (χ1) is 18.0. The number of fused-ring (bicyclic) bond motifs is 1. The van der Waals surface area contributed by atoms with Crippen LogP contribution in [0.4, 0.5) is 5.69 Å². The van der Waals surface area contributed by atoms with Crippen LogP contribution < -0.4 is 10.1 Å². The number of rotatable bonds is 9. The van der Waals surface area contributed by atoms with Crippen LogP contribution in [0.15, 0.2) is 72.8 Å². The van der Waals surface area contributed by atoms with Gasteiger partial charge in [-0.05, 0) is 42.3 Å². The van der Waals surface area contributed by atoms with E-state index in [9.17, 15) is 9.90 Å². The minimum Gasteiger partial charge on any atom is -0.491 e. The van der Waals surface area contributed by atoms with E-state index < -0.39 is 6.10 Å². The Morgan fingerprint density at radius 1 is 1.00 bits per heavy atom. The molecule has 8 heteroatoms. The van der Waals surface area contributed by atoms with Gasteiger partial charge in [0, 0.05) is 44.5 Å². The number of carbonyl (C=O) groups excluding carboxylic acids is 1. The number of ether oxygens (including phenoxy) is 1. The highest BCUT2D eigenvalue weighted by molar-refractivity contribution is 7.18. The van der Waals surface area contributed by atoms with E-state index in [2.05, 4.69) is 32.2 Å². The first-order valence-corrected chi connectivity index (χ1v) is 13.4. The van der Waals surface area contributed by atoms with Crippen LogP contribution in [0.1, 0.15) is 5.01 Å². The molecular formula is C29H32N4O3S. The molecule has 1 saturated heterocycles. The van der Waals surface area contributed by atoms with Gasteiger partial charge in [0.05, 0.1) is 21.8 Å². The number of benzene rings is 3. The van der Waals surface area contributed by atoms with Gasteiger partial charge < -0.3 is 15.2 Å². The van der Waals surface area contributed by atoms with Crippen molar-refractivity contribution in [2.24, 2.45) is 0 Å². The number of amides is 1. The molecule has 4 aromatic rings. The number of β-amino-alcohol motifs (C(OH)–C–C–N with tert-alkyl or cyclic N) is 1. The normalized spacial score (nSPS) is 15.5. The predicted molar refractivity (Wildman–Crippen MR) is 149 cm³/mol. The van der Waals surface area contributed by atoms with Crippen molar-refractivity contribution in [3.8, 4) is 16.9 Å². The minimum absolute atomic E-state index is 0.0124. The van der Waals surface area contributed by atoms with E-state index in [4.69, 9.17) is 4.74 Å². The Balaban J connectivity index is 1.01. The van der Waals surface area contributed by atoms with Crippen LogP contribution in [0.3, 0.4) is 0 Å². The Hall–Kier alpha value is -3.30. The second-order valence-corrected chi connectivity index (χ2v) is 10.6. The zero-order valence-electron chi connectivity index (χ0n) is 21.0. The summed E-state index contributed by atoms with van der Waals surface area (Å²) in [5.74, 6) is 0.712. The molecule has 1 aliphatic rings. The molecule has 7 nitrogen and oxygen atoms in total. The number of nitrogens with zero attached hydrogens (tertiary/aromatic N) is 3. The number of anilines is 1. The van der Waals surface area contributed by atoms with Gasteiger partial charge in [0.25, 0.3) is 0 Å². The fourth-order valence-corrected chi connectivity index (χ4v) is 5.37. The van der Waals surface area contributed by atoms with Crippen molar-refractivity contribution in [3.05, 3.63) is 77.8 Å². The number of hydrogen-bond donors (Lipinski definition) is 2. The molecule has 1 atom stereocenters. The molecular weight excluding hydrogens is 484 g/mol. The van der Waals surface area contributed by atoms with Crippen molar-refractivity contribution in [2.45, 2.75) is 13.0 Å². The van der Waals surface area contributed by atoms with Crippen molar-refractivity contribution in [3.63, 3.8) is 0 Å². The Labute approximate surface area is 221 Å². The lowest BCUT2D eigenvalue weighted by atomic mass is 10.1. The largest absolute Gasteiger partial charge is 0.491 e. The van der Waals surface area contributed by atoms with Gasteiger partial charge in [0.2, 0.25) is 5.91 Å². The van der Waals surface area contributed by atoms with Crippen molar-refractivity contribution in [2.75, 3.05) is 51.2 Å². The second-order valence-electron chi connectivity index (χ2n) is 9.40. The molecule has 1 amide bonds. The molecule has 0 aliphatic carbocycles. The summed E-state index contributed by atoms with van der Waals surface area (Å²) >= 11 is 1.66. The smallest absolute Gasteiger partial charge is 0.238 e. The van der Waals surface area contributed by atoms with Crippen LogP contribution >= 0.6 is 11.3 Å². The maximum atomic E-state index is 12.6. The number of aliphatic hydroxyl groups excluding tert-OH is 1. The fraction of sp³-hybridized carbons (Fsp3) is 0.310. The van der Waals surface area contributed by atoms with Crippen LogP contribution in [0.25, 0.3) is 21.3 Å². The Morgan fingerprint density at radius 3 is 2.46 bits per heavy atom. The number of carbonyl (C=O) groups is 1. The van der Waals surface area contributed by atoms with Gasteiger partial charge in [-0.15, -0.1) is 11.3 Å². The third kappa shape index (κ3) is 6.93. The van der Waals surface area contributed by atoms with Gasteiger partial charge in [-0.25, -0.2) is 4.98 Å². The lowest BCUT2D eigenvalue weighted by molar-refractivity contribution is -0.117. The van der Waals surface area contributed by atoms with Crippen LogP contribution in [-0.4, -0.2) is 77.8 Å². The summed E-state index contributed by atoms with van der Waals surface area (Å²) in [4.78, 5) is 21.4. The number of aryl methyl sites for hydroxylation is 1. The zero-order chi connectivity index (χ0) is 25.6. The molecule has 37 heavy (non-hydrogen) atoms. The summed E-state index contributed by atoms with van der Waals surface area (Å²) in [5.41, 5.74) is 4.01. The van der Waals surface area contributed by atoms with Gasteiger partial charge in [-0.2, -0.15) is 0 Å². The lowest BCUT2D eigenvalue weighted by Crippen LogP contribution is -2.50. The van der Waals surface area contributed by atoms with Crippen molar-refractivity contribution < 1.29 is 14.6 Å².